The highest BCUT2D eigenvalue weighted by atomic mass is 16.3. The van der Waals surface area contributed by atoms with Gasteiger partial charge in [-0.3, -0.25) is 9.78 Å². The number of nitrogens with zero attached hydrogens (tertiary/aromatic N) is 3. The highest BCUT2D eigenvalue weighted by Gasteiger charge is 2.36. The summed E-state index contributed by atoms with van der Waals surface area (Å²) in [5, 5.41) is 3.01. The van der Waals surface area contributed by atoms with Crippen molar-refractivity contribution in [1.82, 2.24) is 15.3 Å². The molecule has 3 heterocycles. The quantitative estimate of drug-likeness (QED) is 0.925. The Bertz CT molecular complexity index is 626. The molecule has 3 rings (SSSR count). The molecule has 0 bridgehead atoms. The van der Waals surface area contributed by atoms with Crippen molar-refractivity contribution < 1.29 is 9.21 Å². The molecule has 0 saturated carbocycles. The van der Waals surface area contributed by atoms with Crippen LogP contribution < -0.4 is 10.2 Å². The molecular formula is C15H18N4O2. The van der Waals surface area contributed by atoms with E-state index in [1.165, 1.54) is 6.92 Å². The number of anilines is 1. The van der Waals surface area contributed by atoms with Crippen LogP contribution in [-0.2, 0) is 4.79 Å². The van der Waals surface area contributed by atoms with E-state index in [0.717, 1.165) is 23.9 Å². The Morgan fingerprint density at radius 3 is 2.86 bits per heavy atom. The van der Waals surface area contributed by atoms with Crippen molar-refractivity contribution in [3.05, 3.63) is 42.2 Å². The maximum Gasteiger partial charge on any atom is 0.217 e. The third-order valence-electron chi connectivity index (χ3n) is 3.71. The van der Waals surface area contributed by atoms with Crippen LogP contribution >= 0.6 is 0 Å². The molecule has 1 aliphatic rings. The molecule has 0 spiro atoms. The average Bonchev–Trinajstić information content (AvgIpc) is 3.05. The number of carbonyl (C=O) groups is 1. The largest absolute Gasteiger partial charge is 0.466 e. The first-order valence-electron chi connectivity index (χ1n) is 6.98. The zero-order valence-corrected chi connectivity index (χ0v) is 12.1. The Labute approximate surface area is 123 Å². The lowest BCUT2D eigenvalue weighted by molar-refractivity contribution is -0.119. The minimum absolute atomic E-state index is 0.00931. The summed E-state index contributed by atoms with van der Waals surface area (Å²) in [4.78, 5) is 22.0. The number of amides is 1. The van der Waals surface area contributed by atoms with Gasteiger partial charge in [-0.05, 0) is 19.1 Å². The molecule has 0 radical (unpaired) electrons. The maximum absolute atomic E-state index is 11.4. The summed E-state index contributed by atoms with van der Waals surface area (Å²) in [6.45, 7) is 4.90. The predicted molar refractivity (Wildman–Crippen MR) is 78.0 cm³/mol. The lowest BCUT2D eigenvalue weighted by Gasteiger charge is -2.17. The van der Waals surface area contributed by atoms with Gasteiger partial charge in [-0.15, -0.1) is 0 Å². The van der Waals surface area contributed by atoms with Crippen molar-refractivity contribution in [1.29, 1.82) is 0 Å². The molecule has 21 heavy (non-hydrogen) atoms. The smallest absolute Gasteiger partial charge is 0.217 e. The highest BCUT2D eigenvalue weighted by molar-refractivity contribution is 5.73. The number of aromatic nitrogens is 2. The first-order chi connectivity index (χ1) is 10.1. The number of hydrogen-bond donors (Lipinski definition) is 1. The molecule has 6 heteroatoms. The minimum atomic E-state index is -0.0331. The van der Waals surface area contributed by atoms with Crippen LogP contribution in [0.4, 0.5) is 5.82 Å². The Hall–Kier alpha value is -2.37. The molecule has 2 aromatic rings. The summed E-state index contributed by atoms with van der Waals surface area (Å²) in [5.41, 5.74) is 0. The number of hydrogen-bond acceptors (Lipinski definition) is 5. The summed E-state index contributed by atoms with van der Waals surface area (Å²) in [7, 11) is 0. The van der Waals surface area contributed by atoms with Crippen molar-refractivity contribution in [2.24, 2.45) is 0 Å². The molecule has 0 unspecified atom stereocenters. The maximum atomic E-state index is 11.4. The summed E-state index contributed by atoms with van der Waals surface area (Å²) in [6, 6.07) is 3.94. The molecular weight excluding hydrogens is 268 g/mol. The normalized spacial score (nSPS) is 21.5. The van der Waals surface area contributed by atoms with Gasteiger partial charge in [0.25, 0.3) is 0 Å². The van der Waals surface area contributed by atoms with Gasteiger partial charge in [-0.25, -0.2) is 4.98 Å². The molecule has 1 amide bonds. The van der Waals surface area contributed by atoms with Crippen LogP contribution in [0, 0.1) is 6.92 Å². The second-order valence-corrected chi connectivity index (χ2v) is 5.33. The van der Waals surface area contributed by atoms with E-state index >= 15 is 0 Å². The van der Waals surface area contributed by atoms with Crippen molar-refractivity contribution in [3.63, 3.8) is 0 Å². The molecule has 2 atom stereocenters. The van der Waals surface area contributed by atoms with Crippen molar-refractivity contribution in [3.8, 4) is 0 Å². The Kier molecular flexibility index (Phi) is 3.60. The molecule has 2 aromatic heterocycles. The van der Waals surface area contributed by atoms with Gasteiger partial charge < -0.3 is 14.6 Å². The van der Waals surface area contributed by atoms with E-state index in [-0.39, 0.29) is 17.9 Å². The number of furan rings is 1. The second kappa shape index (κ2) is 5.55. The monoisotopic (exact) mass is 286 g/mol. The van der Waals surface area contributed by atoms with Crippen LogP contribution in [0.25, 0.3) is 0 Å². The van der Waals surface area contributed by atoms with Gasteiger partial charge in [-0.2, -0.15) is 0 Å². The topological polar surface area (TPSA) is 71.3 Å². The van der Waals surface area contributed by atoms with Crippen LogP contribution in [0.1, 0.15) is 24.4 Å². The van der Waals surface area contributed by atoms with E-state index in [4.69, 9.17) is 4.42 Å². The van der Waals surface area contributed by atoms with Crippen LogP contribution in [0.3, 0.4) is 0 Å². The summed E-state index contributed by atoms with van der Waals surface area (Å²) < 4.78 is 5.75. The van der Waals surface area contributed by atoms with Gasteiger partial charge in [0.05, 0.1) is 18.2 Å². The molecule has 1 N–H and O–H groups in total. The lowest BCUT2D eigenvalue weighted by atomic mass is 10.0. The fourth-order valence-corrected chi connectivity index (χ4v) is 2.79. The van der Waals surface area contributed by atoms with Crippen molar-refractivity contribution >= 4 is 11.7 Å². The summed E-state index contributed by atoms with van der Waals surface area (Å²) >= 11 is 0. The van der Waals surface area contributed by atoms with Crippen LogP contribution in [0.5, 0.6) is 0 Å². The van der Waals surface area contributed by atoms with E-state index < -0.39 is 0 Å². The average molecular weight is 286 g/mol. The lowest BCUT2D eigenvalue weighted by Crippen LogP contribution is -2.38. The van der Waals surface area contributed by atoms with Crippen LogP contribution in [-0.4, -0.2) is 35.0 Å². The van der Waals surface area contributed by atoms with Crippen molar-refractivity contribution in [2.45, 2.75) is 25.8 Å². The first-order valence-corrected chi connectivity index (χ1v) is 6.98. The molecule has 6 nitrogen and oxygen atoms in total. The number of carbonyl (C=O) groups excluding carboxylic acids is 1. The highest BCUT2D eigenvalue weighted by Crippen LogP contribution is 2.31. The molecule has 110 valence electrons. The SMILES string of the molecule is CC(=O)N[C@@H]1CN(c2cnccn2)C[C@H]1c1ccc(C)o1. The summed E-state index contributed by atoms with van der Waals surface area (Å²) in [6.07, 6.45) is 5.06. The standard InChI is InChI=1S/C15H18N4O2/c1-10-3-4-14(21-10)12-8-19(9-13(12)18-11(2)20)15-7-16-5-6-17-15/h3-7,12-13H,8-9H2,1-2H3,(H,18,20)/t12-,13-/m1/s1. The van der Waals surface area contributed by atoms with E-state index in [9.17, 15) is 4.79 Å². The van der Waals surface area contributed by atoms with Gasteiger partial charge in [0.2, 0.25) is 5.91 Å². The first kappa shape index (κ1) is 13.6. The molecule has 0 aliphatic carbocycles. The van der Waals surface area contributed by atoms with E-state index in [0.29, 0.717) is 6.54 Å². The zero-order chi connectivity index (χ0) is 14.8. The molecule has 1 saturated heterocycles. The Balaban J connectivity index is 1.84. The molecule has 1 fully saturated rings. The van der Waals surface area contributed by atoms with Gasteiger partial charge in [0.1, 0.15) is 17.3 Å². The molecule has 0 aromatic carbocycles. The Morgan fingerprint density at radius 1 is 1.38 bits per heavy atom. The summed E-state index contributed by atoms with van der Waals surface area (Å²) in [5.74, 6) is 2.68. The van der Waals surface area contributed by atoms with Crippen LogP contribution in [0.2, 0.25) is 0 Å². The fourth-order valence-electron chi connectivity index (χ4n) is 2.79. The number of nitrogens with one attached hydrogen (secondary N) is 1. The number of rotatable bonds is 3. The van der Waals surface area contributed by atoms with E-state index in [2.05, 4.69) is 20.2 Å². The number of aryl methyl sites for hydroxylation is 1. The third-order valence-corrected chi connectivity index (χ3v) is 3.71. The van der Waals surface area contributed by atoms with E-state index in [1.807, 2.05) is 19.1 Å². The van der Waals surface area contributed by atoms with Gasteiger partial charge in [-0.1, -0.05) is 0 Å². The van der Waals surface area contributed by atoms with Gasteiger partial charge in [0, 0.05) is 32.4 Å². The van der Waals surface area contributed by atoms with Gasteiger partial charge >= 0.3 is 0 Å². The molecule has 1 aliphatic heterocycles. The van der Waals surface area contributed by atoms with Gasteiger partial charge in [0.15, 0.2) is 0 Å². The van der Waals surface area contributed by atoms with Crippen molar-refractivity contribution in [2.75, 3.05) is 18.0 Å². The van der Waals surface area contributed by atoms with E-state index in [1.54, 1.807) is 18.6 Å². The predicted octanol–water partition coefficient (Wildman–Crippen LogP) is 1.49. The van der Waals surface area contributed by atoms with Crippen LogP contribution in [0.15, 0.2) is 35.1 Å². The second-order valence-electron chi connectivity index (χ2n) is 5.33. The minimum Gasteiger partial charge on any atom is -0.466 e. The third kappa shape index (κ3) is 2.89. The Morgan fingerprint density at radius 2 is 2.24 bits per heavy atom. The fraction of sp³-hybridized carbons (Fsp3) is 0.400. The zero-order valence-electron chi connectivity index (χ0n) is 12.1.